The lowest BCUT2D eigenvalue weighted by Crippen LogP contribution is -2.29. The van der Waals surface area contributed by atoms with Crippen molar-refractivity contribution in [1.82, 2.24) is 25.3 Å². The number of aryl methyl sites for hydroxylation is 2. The van der Waals surface area contributed by atoms with Crippen LogP contribution in [0.15, 0.2) is 59.7 Å². The van der Waals surface area contributed by atoms with Gasteiger partial charge in [0.1, 0.15) is 5.56 Å². The van der Waals surface area contributed by atoms with Crippen molar-refractivity contribution in [2.24, 2.45) is 0 Å². The number of nitrogens with one attached hydrogen (secondary N) is 3. The van der Waals surface area contributed by atoms with Gasteiger partial charge in [-0.1, -0.05) is 18.2 Å². The molecule has 4 aromatic rings. The zero-order chi connectivity index (χ0) is 26.5. The summed E-state index contributed by atoms with van der Waals surface area (Å²) in [5.74, 6) is -0.304. The number of hydroxylamine groups is 1. The van der Waals surface area contributed by atoms with E-state index in [4.69, 9.17) is 9.94 Å². The number of amides is 1. The highest BCUT2D eigenvalue weighted by molar-refractivity contribution is 5.96. The van der Waals surface area contributed by atoms with Gasteiger partial charge in [-0.05, 0) is 73.2 Å². The van der Waals surface area contributed by atoms with Crippen molar-refractivity contribution in [3.8, 4) is 5.69 Å². The van der Waals surface area contributed by atoms with Gasteiger partial charge in [-0.15, -0.1) is 0 Å². The molecule has 5 rings (SSSR count). The molecule has 10 heteroatoms. The maximum Gasteiger partial charge on any atom is 0.280 e. The van der Waals surface area contributed by atoms with E-state index in [0.717, 1.165) is 49.2 Å². The summed E-state index contributed by atoms with van der Waals surface area (Å²) >= 11 is 0. The molecule has 1 aliphatic carbocycles. The summed E-state index contributed by atoms with van der Waals surface area (Å²) in [4.78, 5) is 39.6. The lowest BCUT2D eigenvalue weighted by Gasteiger charge is -2.15. The molecule has 0 saturated heterocycles. The molecule has 2 aromatic heterocycles. The molecule has 0 aliphatic heterocycles. The predicted octanol–water partition coefficient (Wildman–Crippen LogP) is 2.43. The van der Waals surface area contributed by atoms with Crippen LogP contribution < -0.4 is 21.5 Å². The second-order valence-electron chi connectivity index (χ2n) is 9.16. The largest absolute Gasteiger partial charge is 0.395 e. The second kappa shape index (κ2) is 11.5. The fraction of sp³-hybridized carbons (Fsp3) is 0.286. The molecule has 38 heavy (non-hydrogen) atoms. The highest BCUT2D eigenvalue weighted by Gasteiger charge is 2.19. The number of aliphatic hydroxyl groups is 1. The Morgan fingerprint density at radius 2 is 1.92 bits per heavy atom. The van der Waals surface area contributed by atoms with Gasteiger partial charge >= 0.3 is 0 Å². The Hall–Kier alpha value is -4.12. The average Bonchev–Trinajstić information content (AvgIpc) is 3.40. The number of rotatable bonds is 10. The standard InChI is InChI=1S/C28H30N6O4/c1-38-33-27(37)24-17-34(22-10-7-19-3-2-4-20(19)15-22)26-23(25(24)36)16-30-28(32-26)31-21-8-5-18(6-9-21)11-12-29-13-14-35/h5-10,15-17,29,35H,2-4,11-14H2,1H3,(H,33,37)(H,30,31,32). The Balaban J connectivity index is 1.50. The highest BCUT2D eigenvalue weighted by Crippen LogP contribution is 2.26. The van der Waals surface area contributed by atoms with Crippen LogP contribution in [0.3, 0.4) is 0 Å². The van der Waals surface area contributed by atoms with Crippen molar-refractivity contribution in [3.05, 3.63) is 87.3 Å². The van der Waals surface area contributed by atoms with E-state index in [1.165, 1.54) is 30.6 Å². The van der Waals surface area contributed by atoms with E-state index in [1.807, 2.05) is 30.3 Å². The molecule has 1 amide bonds. The summed E-state index contributed by atoms with van der Waals surface area (Å²) in [5.41, 5.74) is 7.45. The minimum atomic E-state index is -0.636. The topological polar surface area (TPSA) is 130 Å². The van der Waals surface area contributed by atoms with Crippen molar-refractivity contribution in [1.29, 1.82) is 0 Å². The summed E-state index contributed by atoms with van der Waals surface area (Å²) in [7, 11) is 1.32. The van der Waals surface area contributed by atoms with Crippen LogP contribution in [0.4, 0.5) is 11.6 Å². The van der Waals surface area contributed by atoms with Gasteiger partial charge in [0.05, 0.1) is 19.1 Å². The molecule has 10 nitrogen and oxygen atoms in total. The van der Waals surface area contributed by atoms with Gasteiger partial charge in [0, 0.05) is 30.3 Å². The number of aliphatic hydroxyl groups excluding tert-OH is 1. The zero-order valence-corrected chi connectivity index (χ0v) is 21.2. The Morgan fingerprint density at radius 3 is 2.71 bits per heavy atom. The van der Waals surface area contributed by atoms with E-state index in [9.17, 15) is 9.59 Å². The molecule has 0 bridgehead atoms. The monoisotopic (exact) mass is 514 g/mol. The maximum atomic E-state index is 13.2. The third kappa shape index (κ3) is 5.42. The average molecular weight is 515 g/mol. The summed E-state index contributed by atoms with van der Waals surface area (Å²) in [6.07, 6.45) is 6.95. The van der Waals surface area contributed by atoms with Crippen molar-refractivity contribution in [3.63, 3.8) is 0 Å². The molecule has 2 heterocycles. The van der Waals surface area contributed by atoms with E-state index in [0.29, 0.717) is 18.1 Å². The summed E-state index contributed by atoms with van der Waals surface area (Å²) in [5, 5.41) is 15.5. The molecule has 2 aromatic carbocycles. The predicted molar refractivity (Wildman–Crippen MR) is 145 cm³/mol. The van der Waals surface area contributed by atoms with Crippen molar-refractivity contribution in [2.45, 2.75) is 25.7 Å². The fourth-order valence-corrected chi connectivity index (χ4v) is 4.71. The highest BCUT2D eigenvalue weighted by atomic mass is 16.6. The van der Waals surface area contributed by atoms with Crippen LogP contribution in [-0.2, 0) is 24.1 Å². The van der Waals surface area contributed by atoms with Gasteiger partial charge < -0.3 is 20.3 Å². The lowest BCUT2D eigenvalue weighted by atomic mass is 10.1. The van der Waals surface area contributed by atoms with Gasteiger partial charge in [0.15, 0.2) is 5.65 Å². The van der Waals surface area contributed by atoms with Gasteiger partial charge in [0.25, 0.3) is 5.91 Å². The Kier molecular flexibility index (Phi) is 7.73. The van der Waals surface area contributed by atoms with Crippen LogP contribution >= 0.6 is 0 Å². The molecule has 196 valence electrons. The number of hydrogen-bond donors (Lipinski definition) is 4. The van der Waals surface area contributed by atoms with E-state index >= 15 is 0 Å². The number of benzene rings is 2. The van der Waals surface area contributed by atoms with Crippen LogP contribution in [0.1, 0.15) is 33.5 Å². The molecular formula is C28H30N6O4. The quantitative estimate of drug-likeness (QED) is 0.188. The second-order valence-corrected chi connectivity index (χ2v) is 9.16. The number of hydrogen-bond acceptors (Lipinski definition) is 8. The smallest absolute Gasteiger partial charge is 0.280 e. The van der Waals surface area contributed by atoms with Crippen LogP contribution in [0.2, 0.25) is 0 Å². The number of fused-ring (bicyclic) bond motifs is 2. The van der Waals surface area contributed by atoms with Gasteiger partial charge in [0.2, 0.25) is 11.4 Å². The van der Waals surface area contributed by atoms with Gasteiger partial charge in [-0.25, -0.2) is 10.5 Å². The van der Waals surface area contributed by atoms with E-state index in [1.54, 1.807) is 4.57 Å². The minimum Gasteiger partial charge on any atom is -0.395 e. The summed E-state index contributed by atoms with van der Waals surface area (Å²) in [6, 6.07) is 14.1. The molecular weight excluding hydrogens is 484 g/mol. The Bertz CT molecular complexity index is 1520. The normalized spacial score (nSPS) is 12.5. The number of aromatic nitrogens is 3. The van der Waals surface area contributed by atoms with E-state index in [-0.39, 0.29) is 17.6 Å². The summed E-state index contributed by atoms with van der Waals surface area (Å²) < 4.78 is 1.76. The van der Waals surface area contributed by atoms with Crippen LogP contribution in [-0.4, -0.2) is 52.4 Å². The van der Waals surface area contributed by atoms with Crippen LogP contribution in [0, 0.1) is 0 Å². The number of carbonyl (C=O) groups is 1. The summed E-state index contributed by atoms with van der Waals surface area (Å²) in [6.45, 7) is 1.48. The van der Waals surface area contributed by atoms with E-state index in [2.05, 4.69) is 38.2 Å². The molecule has 0 unspecified atom stereocenters. The van der Waals surface area contributed by atoms with Crippen LogP contribution in [0.25, 0.3) is 16.7 Å². The third-order valence-electron chi connectivity index (χ3n) is 6.63. The first-order valence-corrected chi connectivity index (χ1v) is 12.6. The van der Waals surface area contributed by atoms with Crippen molar-refractivity contribution in [2.75, 3.05) is 32.1 Å². The van der Waals surface area contributed by atoms with Crippen LogP contribution in [0.5, 0.6) is 0 Å². The molecule has 0 atom stereocenters. The number of pyridine rings is 1. The van der Waals surface area contributed by atoms with Crippen molar-refractivity contribution < 1.29 is 14.7 Å². The first kappa shape index (κ1) is 25.5. The Morgan fingerprint density at radius 1 is 1.11 bits per heavy atom. The fourth-order valence-electron chi connectivity index (χ4n) is 4.71. The number of anilines is 2. The molecule has 4 N–H and O–H groups in total. The number of carbonyl (C=O) groups excluding carboxylic acids is 1. The minimum absolute atomic E-state index is 0.0618. The number of nitrogens with zero attached hydrogens (tertiary/aromatic N) is 3. The van der Waals surface area contributed by atoms with Gasteiger partial charge in [-0.2, -0.15) is 4.98 Å². The maximum absolute atomic E-state index is 13.2. The first-order valence-electron chi connectivity index (χ1n) is 12.6. The molecule has 1 aliphatic rings. The van der Waals surface area contributed by atoms with Crippen molar-refractivity contribution >= 4 is 28.6 Å². The Labute approximate surface area is 219 Å². The van der Waals surface area contributed by atoms with E-state index < -0.39 is 11.3 Å². The third-order valence-corrected chi connectivity index (χ3v) is 6.63. The molecule has 0 radical (unpaired) electrons. The lowest BCUT2D eigenvalue weighted by molar-refractivity contribution is 0.0536. The molecule has 0 saturated carbocycles. The van der Waals surface area contributed by atoms with Gasteiger partial charge in [-0.3, -0.25) is 14.4 Å². The SMILES string of the molecule is CONC(=O)c1cn(-c2ccc3c(c2)CCC3)c2nc(Nc3ccc(CCNCCO)cc3)ncc2c1=O. The first-order chi connectivity index (χ1) is 18.6. The zero-order valence-electron chi connectivity index (χ0n) is 21.2. The molecule has 0 spiro atoms. The molecule has 0 fully saturated rings.